The molecule has 3 aromatic heterocycles. The highest BCUT2D eigenvalue weighted by molar-refractivity contribution is 7.19. The Labute approximate surface area is 376 Å². The number of phenolic OH excluding ortho intramolecular Hbond substituents is 2. The average molecular weight is 890 g/mol. The van der Waals surface area contributed by atoms with Crippen LogP contribution in [0.2, 0.25) is 0 Å². The monoisotopic (exact) mass is 889 g/mol. The van der Waals surface area contributed by atoms with E-state index in [1.165, 1.54) is 11.6 Å². The summed E-state index contributed by atoms with van der Waals surface area (Å²) < 4.78 is 12.8. The Bertz CT molecular complexity index is 2540. The van der Waals surface area contributed by atoms with Crippen LogP contribution < -0.4 is 10.6 Å². The van der Waals surface area contributed by atoms with Crippen molar-refractivity contribution in [3.63, 3.8) is 0 Å². The molecule has 2 amide bonds. The van der Waals surface area contributed by atoms with Crippen molar-refractivity contribution in [2.45, 2.75) is 58.1 Å². The summed E-state index contributed by atoms with van der Waals surface area (Å²) in [5.74, 6) is 1.30. The van der Waals surface area contributed by atoms with Gasteiger partial charge in [-0.15, -0.1) is 11.3 Å². The van der Waals surface area contributed by atoms with Crippen LogP contribution in [0.3, 0.4) is 0 Å². The average Bonchev–Trinajstić information content (AvgIpc) is 3.90. The van der Waals surface area contributed by atoms with Crippen LogP contribution in [0, 0.1) is 0 Å². The number of piperazine rings is 1. The lowest BCUT2D eigenvalue weighted by Gasteiger charge is -2.49. The fraction of sp³-hybridized carbons (Fsp3) is 0.478. The molecule has 0 radical (unpaired) electrons. The molecule has 5 aliphatic heterocycles. The Balaban J connectivity index is 0.701. The lowest BCUT2D eigenvalue weighted by molar-refractivity contribution is -0.157. The molecule has 336 valence electrons. The summed E-state index contributed by atoms with van der Waals surface area (Å²) in [7, 11) is 0. The zero-order valence-corrected chi connectivity index (χ0v) is 37.2. The minimum atomic E-state index is -0.489. The van der Waals surface area contributed by atoms with Gasteiger partial charge in [0, 0.05) is 121 Å². The lowest BCUT2D eigenvalue weighted by Crippen LogP contribution is -2.66. The van der Waals surface area contributed by atoms with Crippen LogP contribution in [0.5, 0.6) is 11.5 Å². The van der Waals surface area contributed by atoms with E-state index in [9.17, 15) is 19.8 Å². The molecule has 0 spiro atoms. The van der Waals surface area contributed by atoms with Gasteiger partial charge in [-0.1, -0.05) is 32.0 Å². The van der Waals surface area contributed by atoms with Crippen LogP contribution in [0.1, 0.15) is 57.3 Å². The molecular formula is C46H55N11O6S. The van der Waals surface area contributed by atoms with Crippen molar-refractivity contribution >= 4 is 45.1 Å². The van der Waals surface area contributed by atoms with Crippen LogP contribution in [0.15, 0.2) is 48.8 Å². The fourth-order valence-electron chi connectivity index (χ4n) is 9.53. The van der Waals surface area contributed by atoms with Crippen molar-refractivity contribution in [3.05, 3.63) is 81.5 Å². The van der Waals surface area contributed by atoms with Crippen molar-refractivity contribution in [2.24, 2.45) is 0 Å². The van der Waals surface area contributed by atoms with Gasteiger partial charge in [-0.2, -0.15) is 0 Å². The van der Waals surface area contributed by atoms with Gasteiger partial charge in [-0.3, -0.25) is 24.3 Å². The standard InChI is InChI=1S/C46H55N11O6S/c1-28(2)35-17-36(39(59)18-38(35)58)44(60)56-22-30-4-3-29(15-31(30)23-56)21-52-5-7-54(8-6-52)33-24-57(25-33)45(61)40-27-53(9-14-63-40)26-34-16-37-41(64-34)43(55-10-12-62-13-11-55)51-42(50-37)32-19-48-46(47)49-20-32/h3-4,15-20,28,33,40,58-59H,5-14,21-27H2,1-2H3,(H2,47,48,49)/t40-/m0/s1. The van der Waals surface area contributed by atoms with E-state index in [1.54, 1.807) is 34.7 Å². The molecule has 0 saturated carbocycles. The second-order valence-electron chi connectivity index (χ2n) is 17.9. The number of rotatable bonds is 10. The highest BCUT2D eigenvalue weighted by Crippen LogP contribution is 2.37. The van der Waals surface area contributed by atoms with E-state index < -0.39 is 6.10 Å². The topological polar surface area (TPSA) is 190 Å². The largest absolute Gasteiger partial charge is 0.508 e. The van der Waals surface area contributed by atoms with Gasteiger partial charge in [0.1, 0.15) is 17.6 Å². The number of hydrogen-bond donors (Lipinski definition) is 3. The maximum atomic E-state index is 13.7. The van der Waals surface area contributed by atoms with Gasteiger partial charge in [-0.25, -0.2) is 19.9 Å². The van der Waals surface area contributed by atoms with E-state index in [0.29, 0.717) is 69.0 Å². The van der Waals surface area contributed by atoms with E-state index in [4.69, 9.17) is 25.2 Å². The quantitative estimate of drug-likeness (QED) is 0.185. The third-order valence-corrected chi connectivity index (χ3v) is 14.3. The molecular weight excluding hydrogens is 835 g/mol. The van der Waals surface area contributed by atoms with Crippen molar-refractivity contribution in [3.8, 4) is 22.9 Å². The van der Waals surface area contributed by atoms with Crippen LogP contribution in [-0.4, -0.2) is 164 Å². The Morgan fingerprint density at radius 1 is 0.828 bits per heavy atom. The molecule has 64 heavy (non-hydrogen) atoms. The number of aromatic nitrogens is 4. The summed E-state index contributed by atoms with van der Waals surface area (Å²) in [4.78, 5) is 59.9. The molecule has 1 atom stereocenters. The Kier molecular flexibility index (Phi) is 11.8. The van der Waals surface area contributed by atoms with Gasteiger partial charge in [0.05, 0.1) is 41.2 Å². The van der Waals surface area contributed by atoms with Crippen LogP contribution in [0.25, 0.3) is 21.6 Å². The summed E-state index contributed by atoms with van der Waals surface area (Å²) in [6.45, 7) is 16.2. The first kappa shape index (κ1) is 42.5. The molecule has 4 saturated heterocycles. The van der Waals surface area contributed by atoms with Crippen LogP contribution in [-0.2, 0) is 40.4 Å². The highest BCUT2D eigenvalue weighted by atomic mass is 32.1. The molecule has 4 fully saturated rings. The van der Waals surface area contributed by atoms with E-state index in [-0.39, 0.29) is 40.7 Å². The highest BCUT2D eigenvalue weighted by Gasteiger charge is 2.40. The van der Waals surface area contributed by atoms with Gasteiger partial charge in [0.15, 0.2) is 11.6 Å². The smallest absolute Gasteiger partial charge is 0.258 e. The Morgan fingerprint density at radius 3 is 2.36 bits per heavy atom. The molecule has 2 aromatic carbocycles. The zero-order chi connectivity index (χ0) is 44.1. The van der Waals surface area contributed by atoms with Crippen molar-refractivity contribution in [1.29, 1.82) is 0 Å². The molecule has 10 rings (SSSR count). The first-order valence-corrected chi connectivity index (χ1v) is 23.1. The molecule has 17 nitrogen and oxygen atoms in total. The first-order chi connectivity index (χ1) is 31.0. The van der Waals surface area contributed by atoms with E-state index >= 15 is 0 Å². The number of likely N-dealkylation sites (tertiary alicyclic amines) is 1. The normalized spacial score (nSPS) is 20.3. The summed E-state index contributed by atoms with van der Waals surface area (Å²) >= 11 is 1.70. The maximum absolute atomic E-state index is 13.7. The SMILES string of the molecule is CC(C)c1cc(C(=O)N2Cc3ccc(CN4CCN(C5CN(C(=O)[C@@H]6CN(Cc7cc8nc(-c9cnc(N)nc9)nc(N9CCOCC9)c8s7)CCO6)C5)CC4)cc3C2)c(O)cc1O. The molecule has 18 heteroatoms. The summed E-state index contributed by atoms with van der Waals surface area (Å²) in [6.07, 6.45) is 2.82. The van der Waals surface area contributed by atoms with Crippen molar-refractivity contribution in [2.75, 3.05) is 95.9 Å². The number of amides is 2. The Morgan fingerprint density at radius 2 is 1.59 bits per heavy atom. The molecule has 5 aromatic rings. The number of nitrogen functional groups attached to an aromatic ring is 1. The summed E-state index contributed by atoms with van der Waals surface area (Å²) in [5.41, 5.74) is 11.7. The number of morpholine rings is 2. The number of hydrogen-bond acceptors (Lipinski definition) is 16. The van der Waals surface area contributed by atoms with E-state index in [1.807, 2.05) is 18.7 Å². The van der Waals surface area contributed by atoms with Crippen molar-refractivity contribution < 1.29 is 29.3 Å². The third kappa shape index (κ3) is 8.69. The second-order valence-corrected chi connectivity index (χ2v) is 19.0. The molecule has 4 N–H and O–H groups in total. The number of phenols is 2. The van der Waals surface area contributed by atoms with Gasteiger partial charge < -0.3 is 40.1 Å². The molecule has 8 heterocycles. The molecule has 5 aliphatic rings. The van der Waals surface area contributed by atoms with Gasteiger partial charge >= 0.3 is 0 Å². The predicted octanol–water partition coefficient (Wildman–Crippen LogP) is 3.49. The zero-order valence-electron chi connectivity index (χ0n) is 36.4. The number of anilines is 2. The summed E-state index contributed by atoms with van der Waals surface area (Å²) in [5, 5.41) is 20.8. The third-order valence-electron chi connectivity index (χ3n) is 13.2. The number of fused-ring (bicyclic) bond motifs is 2. The molecule has 0 bridgehead atoms. The number of ether oxygens (including phenoxy) is 2. The van der Waals surface area contributed by atoms with Crippen LogP contribution in [0.4, 0.5) is 11.8 Å². The fourth-order valence-corrected chi connectivity index (χ4v) is 10.7. The number of nitrogens with two attached hydrogens (primary N) is 1. The number of thiophene rings is 1. The van der Waals surface area contributed by atoms with Gasteiger partial charge in [-0.05, 0) is 40.3 Å². The number of benzene rings is 2. The van der Waals surface area contributed by atoms with E-state index in [2.05, 4.69) is 53.8 Å². The second kappa shape index (κ2) is 17.8. The minimum Gasteiger partial charge on any atom is -0.508 e. The van der Waals surface area contributed by atoms with Crippen molar-refractivity contribution in [1.82, 2.24) is 44.4 Å². The maximum Gasteiger partial charge on any atom is 0.258 e. The van der Waals surface area contributed by atoms with E-state index in [0.717, 1.165) is 97.5 Å². The minimum absolute atomic E-state index is 0.000465. The van der Waals surface area contributed by atoms with Crippen LogP contribution >= 0.6 is 11.3 Å². The summed E-state index contributed by atoms with van der Waals surface area (Å²) in [6, 6.07) is 11.9. The number of nitrogens with zero attached hydrogens (tertiary/aromatic N) is 10. The lowest BCUT2D eigenvalue weighted by atomic mass is 9.98. The molecule has 0 aliphatic carbocycles. The Hall–Kier alpha value is -5.50. The number of carbonyl (C=O) groups is 2. The van der Waals surface area contributed by atoms with Gasteiger partial charge in [0.2, 0.25) is 5.95 Å². The number of aromatic hydroxyl groups is 2. The first-order valence-electron chi connectivity index (χ1n) is 22.3. The number of carbonyl (C=O) groups excluding carboxylic acids is 2. The predicted molar refractivity (Wildman–Crippen MR) is 242 cm³/mol. The van der Waals surface area contributed by atoms with Gasteiger partial charge in [0.25, 0.3) is 11.8 Å². The molecule has 0 unspecified atom stereocenters.